The van der Waals surface area contributed by atoms with Crippen molar-refractivity contribution in [3.63, 3.8) is 0 Å². The summed E-state index contributed by atoms with van der Waals surface area (Å²) >= 11 is 0. The Kier molecular flexibility index (Phi) is 4.73. The average molecular weight is 401 g/mol. The molecular weight excluding hydrogens is 368 g/mol. The van der Waals surface area contributed by atoms with Crippen molar-refractivity contribution in [2.75, 3.05) is 26.2 Å². The van der Waals surface area contributed by atoms with Gasteiger partial charge in [0.05, 0.1) is 23.5 Å². The van der Waals surface area contributed by atoms with Gasteiger partial charge in [-0.25, -0.2) is 4.79 Å². The molecule has 6 rings (SSSR count). The van der Waals surface area contributed by atoms with Crippen molar-refractivity contribution in [2.24, 2.45) is 29.1 Å². The molecule has 7 nitrogen and oxygen atoms in total. The second kappa shape index (κ2) is 7.16. The zero-order chi connectivity index (χ0) is 20.2. The van der Waals surface area contributed by atoms with E-state index in [4.69, 9.17) is 5.26 Å². The topological polar surface area (TPSA) is 96.7 Å². The van der Waals surface area contributed by atoms with Gasteiger partial charge in [0.2, 0.25) is 5.91 Å². The minimum absolute atomic E-state index is 0.00694. The molecule has 0 aromatic heterocycles. The van der Waals surface area contributed by atoms with Gasteiger partial charge in [-0.3, -0.25) is 4.79 Å². The Morgan fingerprint density at radius 3 is 2.45 bits per heavy atom. The molecule has 4 saturated carbocycles. The third-order valence-corrected chi connectivity index (χ3v) is 8.37. The van der Waals surface area contributed by atoms with Crippen molar-refractivity contribution >= 4 is 11.9 Å². The first-order valence-corrected chi connectivity index (χ1v) is 11.4. The first kappa shape index (κ1) is 19.2. The molecule has 0 spiro atoms. The van der Waals surface area contributed by atoms with Crippen LogP contribution in [-0.4, -0.2) is 65.2 Å². The van der Waals surface area contributed by atoms with Crippen molar-refractivity contribution < 1.29 is 14.7 Å². The second-order valence-electron chi connectivity index (χ2n) is 10.3. The Balaban J connectivity index is 1.21. The van der Waals surface area contributed by atoms with Crippen LogP contribution in [0.15, 0.2) is 0 Å². The predicted molar refractivity (Wildman–Crippen MR) is 105 cm³/mol. The Morgan fingerprint density at radius 2 is 1.76 bits per heavy atom. The number of aliphatic hydroxyl groups excluding tert-OH is 1. The summed E-state index contributed by atoms with van der Waals surface area (Å²) in [6.45, 7) is 2.47. The van der Waals surface area contributed by atoms with Crippen LogP contribution in [0.5, 0.6) is 0 Å². The number of piperidine rings is 1. The zero-order valence-corrected chi connectivity index (χ0v) is 17.1. The highest BCUT2D eigenvalue weighted by molar-refractivity contribution is 5.83. The quantitative estimate of drug-likeness (QED) is 0.738. The monoisotopic (exact) mass is 400 g/mol. The molecule has 2 saturated heterocycles. The normalized spacial score (nSPS) is 43.3. The highest BCUT2D eigenvalue weighted by Crippen LogP contribution is 2.60. The number of likely N-dealkylation sites (tertiary alicyclic amines) is 2. The summed E-state index contributed by atoms with van der Waals surface area (Å²) in [6.07, 6.45) is 7.13. The molecule has 0 radical (unpaired) electrons. The summed E-state index contributed by atoms with van der Waals surface area (Å²) in [7, 11) is 0. The molecule has 2 N–H and O–H groups in total. The molecule has 6 aliphatic rings. The maximum absolute atomic E-state index is 13.3. The van der Waals surface area contributed by atoms with E-state index >= 15 is 0 Å². The number of rotatable bonds is 2. The lowest BCUT2D eigenvalue weighted by Crippen LogP contribution is -2.61. The van der Waals surface area contributed by atoms with Gasteiger partial charge in [0, 0.05) is 32.2 Å². The van der Waals surface area contributed by atoms with E-state index in [2.05, 4.69) is 11.4 Å². The number of amides is 3. The molecule has 6 fully saturated rings. The molecule has 158 valence electrons. The molecule has 4 aliphatic carbocycles. The van der Waals surface area contributed by atoms with Gasteiger partial charge in [-0.1, -0.05) is 0 Å². The first-order valence-electron chi connectivity index (χ1n) is 11.4. The average Bonchev–Trinajstić information content (AvgIpc) is 3.20. The van der Waals surface area contributed by atoms with Gasteiger partial charge in [0.25, 0.3) is 0 Å². The fourth-order valence-corrected chi connectivity index (χ4v) is 7.12. The SMILES string of the molecule is N#C[C@@H]1CCN(C(=O)N2CCCC(NC(=O)C34CC5CC(C3)C(O)C(C5)C4)C2)C1. The maximum Gasteiger partial charge on any atom is 0.320 e. The maximum atomic E-state index is 13.3. The van der Waals surface area contributed by atoms with E-state index in [1.807, 2.05) is 4.90 Å². The summed E-state index contributed by atoms with van der Waals surface area (Å²) in [4.78, 5) is 29.8. The summed E-state index contributed by atoms with van der Waals surface area (Å²) < 4.78 is 0. The van der Waals surface area contributed by atoms with E-state index in [1.165, 1.54) is 0 Å². The molecule has 29 heavy (non-hydrogen) atoms. The van der Waals surface area contributed by atoms with Crippen LogP contribution in [0.25, 0.3) is 0 Å². The van der Waals surface area contributed by atoms with Gasteiger partial charge >= 0.3 is 6.03 Å². The minimum atomic E-state index is -0.295. The number of carbonyl (C=O) groups is 2. The van der Waals surface area contributed by atoms with Gasteiger partial charge in [-0.2, -0.15) is 5.26 Å². The van der Waals surface area contributed by atoms with Crippen LogP contribution in [0.1, 0.15) is 51.4 Å². The van der Waals surface area contributed by atoms with Crippen molar-refractivity contribution in [1.82, 2.24) is 15.1 Å². The third kappa shape index (κ3) is 3.30. The second-order valence-corrected chi connectivity index (χ2v) is 10.3. The number of nitriles is 1. The van der Waals surface area contributed by atoms with Crippen molar-refractivity contribution in [3.8, 4) is 6.07 Å². The summed E-state index contributed by atoms with van der Waals surface area (Å²) in [5, 5.41) is 22.9. The lowest BCUT2D eigenvalue weighted by atomic mass is 9.48. The molecule has 2 heterocycles. The van der Waals surface area contributed by atoms with Crippen LogP contribution in [0.4, 0.5) is 4.79 Å². The van der Waals surface area contributed by atoms with E-state index < -0.39 is 0 Å². The number of urea groups is 1. The Morgan fingerprint density at radius 1 is 1.03 bits per heavy atom. The minimum Gasteiger partial charge on any atom is -0.393 e. The van der Waals surface area contributed by atoms with Crippen molar-refractivity contribution in [1.29, 1.82) is 5.26 Å². The van der Waals surface area contributed by atoms with Gasteiger partial charge in [0.15, 0.2) is 0 Å². The molecule has 7 heteroatoms. The van der Waals surface area contributed by atoms with Crippen LogP contribution in [-0.2, 0) is 4.79 Å². The van der Waals surface area contributed by atoms with Crippen LogP contribution < -0.4 is 5.32 Å². The molecule has 4 atom stereocenters. The van der Waals surface area contributed by atoms with Gasteiger partial charge < -0.3 is 20.2 Å². The largest absolute Gasteiger partial charge is 0.393 e. The predicted octanol–water partition coefficient (Wildman–Crippen LogP) is 1.72. The van der Waals surface area contributed by atoms with E-state index in [0.29, 0.717) is 37.4 Å². The van der Waals surface area contributed by atoms with E-state index in [-0.39, 0.29) is 35.4 Å². The van der Waals surface area contributed by atoms with Gasteiger partial charge in [0.1, 0.15) is 0 Å². The van der Waals surface area contributed by atoms with Crippen molar-refractivity contribution in [2.45, 2.75) is 63.5 Å². The number of aliphatic hydroxyl groups is 1. The molecule has 3 amide bonds. The van der Waals surface area contributed by atoms with E-state index in [1.54, 1.807) is 4.90 Å². The Bertz CT molecular complexity index is 718. The van der Waals surface area contributed by atoms with E-state index in [9.17, 15) is 14.7 Å². The molecular formula is C22H32N4O3. The van der Waals surface area contributed by atoms with Crippen LogP contribution >= 0.6 is 0 Å². The molecule has 3 unspecified atom stereocenters. The van der Waals surface area contributed by atoms with Gasteiger partial charge in [-0.05, 0) is 69.1 Å². The third-order valence-electron chi connectivity index (χ3n) is 8.37. The lowest BCUT2D eigenvalue weighted by molar-refractivity contribution is -0.163. The Labute approximate surface area is 172 Å². The highest BCUT2D eigenvalue weighted by Gasteiger charge is 2.58. The summed E-state index contributed by atoms with van der Waals surface area (Å²) in [5.74, 6) is 1.29. The van der Waals surface area contributed by atoms with Crippen molar-refractivity contribution in [3.05, 3.63) is 0 Å². The molecule has 2 aliphatic heterocycles. The van der Waals surface area contributed by atoms with Crippen LogP contribution in [0.3, 0.4) is 0 Å². The zero-order valence-electron chi connectivity index (χ0n) is 17.1. The standard InChI is InChI=1S/C22H32N4O3/c23-11-14-3-5-26(12-14)21(29)25-4-1-2-18(13-25)24-20(28)22-8-15-6-16(9-22)19(27)17(7-15)10-22/h14-19,27H,1-10,12-13H2,(H,24,28)/t14-,15?,16?,17?,18?,19?,22?/m0/s1. The summed E-state index contributed by atoms with van der Waals surface area (Å²) in [6, 6.07) is 2.29. The molecule has 4 bridgehead atoms. The van der Waals surface area contributed by atoms with Crippen LogP contribution in [0, 0.1) is 40.4 Å². The number of hydrogen-bond donors (Lipinski definition) is 2. The van der Waals surface area contributed by atoms with E-state index in [0.717, 1.165) is 57.9 Å². The number of hydrogen-bond acceptors (Lipinski definition) is 4. The number of nitrogens with zero attached hydrogens (tertiary/aromatic N) is 3. The lowest BCUT2D eigenvalue weighted by Gasteiger charge is -2.58. The Hall–Kier alpha value is -1.81. The number of carbonyl (C=O) groups excluding carboxylic acids is 2. The fourth-order valence-electron chi connectivity index (χ4n) is 7.12. The van der Waals surface area contributed by atoms with Gasteiger partial charge in [-0.15, -0.1) is 0 Å². The first-order chi connectivity index (χ1) is 14.0. The number of nitrogens with one attached hydrogen (secondary N) is 1. The molecule has 0 aromatic rings. The van der Waals surface area contributed by atoms with Crippen LogP contribution in [0.2, 0.25) is 0 Å². The highest BCUT2D eigenvalue weighted by atomic mass is 16.3. The smallest absolute Gasteiger partial charge is 0.320 e. The molecule has 0 aromatic carbocycles. The summed E-state index contributed by atoms with van der Waals surface area (Å²) in [5.41, 5.74) is -0.295. The fraction of sp³-hybridized carbons (Fsp3) is 0.864.